The van der Waals surface area contributed by atoms with Crippen LogP contribution in [-0.2, 0) is 4.74 Å². The predicted octanol–water partition coefficient (Wildman–Crippen LogP) is 1.04. The zero-order chi connectivity index (χ0) is 8.54. The van der Waals surface area contributed by atoms with Crippen LogP contribution in [-0.4, -0.2) is 30.8 Å². The van der Waals surface area contributed by atoms with E-state index in [-0.39, 0.29) is 13.2 Å². The highest BCUT2D eigenvalue weighted by Crippen LogP contribution is 2.44. The summed E-state index contributed by atoms with van der Waals surface area (Å²) in [6, 6.07) is 0. The summed E-state index contributed by atoms with van der Waals surface area (Å²) in [7, 11) is 0. The minimum Gasteiger partial charge on any atom is -0.396 e. The molecule has 0 spiro atoms. The molecule has 0 aliphatic carbocycles. The Balaban J connectivity index is 2.55. The molecule has 1 saturated heterocycles. The molecule has 1 heterocycles. The number of rotatable bonds is 3. The number of aliphatic hydroxyl groups excluding tert-OH is 1. The highest BCUT2D eigenvalue weighted by molar-refractivity contribution is 4.93. The highest BCUT2D eigenvalue weighted by atomic mass is 19.3. The largest absolute Gasteiger partial charge is 0.396 e. The van der Waals surface area contributed by atoms with Crippen molar-refractivity contribution in [1.29, 1.82) is 0 Å². The second-order valence-corrected chi connectivity index (χ2v) is 3.23. The summed E-state index contributed by atoms with van der Waals surface area (Å²) in [6.45, 7) is 1.20. The molecule has 0 aromatic rings. The minimum atomic E-state index is -2.79. The van der Waals surface area contributed by atoms with Gasteiger partial charge in [0.2, 0.25) is 0 Å². The van der Waals surface area contributed by atoms with E-state index >= 15 is 0 Å². The topological polar surface area (TPSA) is 29.5 Å². The molecular weight excluding hydrogens is 154 g/mol. The molecule has 2 nitrogen and oxygen atoms in total. The van der Waals surface area contributed by atoms with Gasteiger partial charge in [-0.2, -0.15) is 0 Å². The Hall–Kier alpha value is -0.220. The van der Waals surface area contributed by atoms with Gasteiger partial charge in [0.15, 0.2) is 0 Å². The first-order valence-corrected chi connectivity index (χ1v) is 3.58. The number of alkyl halides is 2. The summed E-state index contributed by atoms with van der Waals surface area (Å²) >= 11 is 0. The van der Waals surface area contributed by atoms with Gasteiger partial charge in [0.1, 0.15) is 0 Å². The number of hydrogen-bond acceptors (Lipinski definition) is 2. The molecule has 0 radical (unpaired) electrons. The second-order valence-electron chi connectivity index (χ2n) is 3.23. The molecule has 1 aliphatic rings. The molecule has 1 aliphatic heterocycles. The van der Waals surface area contributed by atoms with Gasteiger partial charge in [-0.1, -0.05) is 0 Å². The normalized spacial score (nSPS) is 22.9. The Bertz CT molecular complexity index is 143. The summed E-state index contributed by atoms with van der Waals surface area (Å²) in [5.41, 5.74) is -1.05. The smallest absolute Gasteiger partial charge is 0.259 e. The zero-order valence-corrected chi connectivity index (χ0v) is 6.44. The summed E-state index contributed by atoms with van der Waals surface area (Å²) < 4.78 is 30.7. The Morgan fingerprint density at radius 3 is 2.36 bits per heavy atom. The van der Waals surface area contributed by atoms with Gasteiger partial charge in [0.05, 0.1) is 18.6 Å². The van der Waals surface area contributed by atoms with E-state index in [0.717, 1.165) is 0 Å². The van der Waals surface area contributed by atoms with Gasteiger partial charge in [-0.15, -0.1) is 0 Å². The first kappa shape index (κ1) is 8.87. The molecule has 0 bridgehead atoms. The number of hydrogen-bond donors (Lipinski definition) is 1. The van der Waals surface area contributed by atoms with Crippen molar-refractivity contribution in [3.05, 3.63) is 0 Å². The molecule has 1 N–H and O–H groups in total. The van der Waals surface area contributed by atoms with Crippen LogP contribution in [0.3, 0.4) is 0 Å². The molecule has 0 aromatic heterocycles. The molecule has 0 amide bonds. The standard InChI is InChI=1S/C7H12F2O2/c1-6(4-11-5-6)7(8,9)2-3-10/h10H,2-5H2,1H3. The summed E-state index contributed by atoms with van der Waals surface area (Å²) in [4.78, 5) is 0. The van der Waals surface area contributed by atoms with E-state index in [4.69, 9.17) is 9.84 Å². The molecule has 11 heavy (non-hydrogen) atoms. The first-order valence-electron chi connectivity index (χ1n) is 3.58. The van der Waals surface area contributed by atoms with Crippen LogP contribution in [0.5, 0.6) is 0 Å². The van der Waals surface area contributed by atoms with E-state index in [2.05, 4.69) is 0 Å². The molecule has 1 rings (SSSR count). The lowest BCUT2D eigenvalue weighted by molar-refractivity contribution is -0.238. The van der Waals surface area contributed by atoms with Crippen LogP contribution in [0.1, 0.15) is 13.3 Å². The van der Waals surface area contributed by atoms with E-state index in [0.29, 0.717) is 0 Å². The average Bonchev–Trinajstić information content (AvgIpc) is 1.82. The molecule has 4 heteroatoms. The van der Waals surface area contributed by atoms with Crippen molar-refractivity contribution in [1.82, 2.24) is 0 Å². The van der Waals surface area contributed by atoms with Crippen molar-refractivity contribution in [3.63, 3.8) is 0 Å². The molecule has 0 saturated carbocycles. The Morgan fingerprint density at radius 1 is 1.55 bits per heavy atom. The zero-order valence-electron chi connectivity index (χ0n) is 6.44. The van der Waals surface area contributed by atoms with Crippen molar-refractivity contribution in [2.24, 2.45) is 5.41 Å². The van der Waals surface area contributed by atoms with Crippen LogP contribution < -0.4 is 0 Å². The van der Waals surface area contributed by atoms with Crippen molar-refractivity contribution in [2.45, 2.75) is 19.3 Å². The van der Waals surface area contributed by atoms with Crippen molar-refractivity contribution in [2.75, 3.05) is 19.8 Å². The fraction of sp³-hybridized carbons (Fsp3) is 1.00. The maximum Gasteiger partial charge on any atom is 0.259 e. The molecule has 0 unspecified atom stereocenters. The van der Waals surface area contributed by atoms with Crippen LogP contribution in [0.2, 0.25) is 0 Å². The van der Waals surface area contributed by atoms with E-state index < -0.39 is 24.4 Å². The highest BCUT2D eigenvalue weighted by Gasteiger charge is 2.54. The SMILES string of the molecule is CC1(C(F)(F)CCO)COC1. The fourth-order valence-electron chi connectivity index (χ4n) is 1.06. The van der Waals surface area contributed by atoms with E-state index in [1.165, 1.54) is 6.92 Å². The first-order chi connectivity index (χ1) is 5.02. The number of aliphatic hydroxyl groups is 1. The lowest BCUT2D eigenvalue weighted by Crippen LogP contribution is -2.53. The Morgan fingerprint density at radius 2 is 2.09 bits per heavy atom. The fourth-order valence-corrected chi connectivity index (χ4v) is 1.06. The van der Waals surface area contributed by atoms with Crippen molar-refractivity contribution in [3.8, 4) is 0 Å². The number of ether oxygens (including phenoxy) is 1. The minimum absolute atomic E-state index is 0.0972. The molecule has 1 fully saturated rings. The van der Waals surface area contributed by atoms with Gasteiger partial charge in [-0.3, -0.25) is 0 Å². The van der Waals surface area contributed by atoms with Gasteiger partial charge < -0.3 is 9.84 Å². The summed E-state index contributed by atoms with van der Waals surface area (Å²) in [5.74, 6) is -2.79. The Labute approximate surface area is 64.2 Å². The summed E-state index contributed by atoms with van der Waals surface area (Å²) in [5, 5.41) is 8.36. The maximum atomic E-state index is 13.0. The lowest BCUT2D eigenvalue weighted by Gasteiger charge is -2.43. The van der Waals surface area contributed by atoms with Crippen LogP contribution in [0.25, 0.3) is 0 Å². The second kappa shape index (κ2) is 2.68. The van der Waals surface area contributed by atoms with Gasteiger partial charge in [-0.25, -0.2) is 8.78 Å². The summed E-state index contributed by atoms with van der Waals surface area (Å²) in [6.07, 6.45) is -0.465. The molecule has 0 aromatic carbocycles. The van der Waals surface area contributed by atoms with Crippen LogP contribution in [0, 0.1) is 5.41 Å². The van der Waals surface area contributed by atoms with Gasteiger partial charge in [0.25, 0.3) is 5.92 Å². The van der Waals surface area contributed by atoms with Crippen molar-refractivity contribution >= 4 is 0 Å². The molecule has 0 atom stereocenters. The van der Waals surface area contributed by atoms with Gasteiger partial charge >= 0.3 is 0 Å². The van der Waals surface area contributed by atoms with E-state index in [1.807, 2.05) is 0 Å². The average molecular weight is 166 g/mol. The molecule has 66 valence electrons. The third kappa shape index (κ3) is 1.37. The third-order valence-corrected chi connectivity index (χ3v) is 2.15. The Kier molecular flexibility index (Phi) is 2.16. The van der Waals surface area contributed by atoms with E-state index in [9.17, 15) is 8.78 Å². The van der Waals surface area contributed by atoms with Crippen molar-refractivity contribution < 1.29 is 18.6 Å². The van der Waals surface area contributed by atoms with Gasteiger partial charge in [0, 0.05) is 13.0 Å². The number of halogens is 2. The van der Waals surface area contributed by atoms with Crippen LogP contribution in [0.4, 0.5) is 8.78 Å². The monoisotopic (exact) mass is 166 g/mol. The van der Waals surface area contributed by atoms with Gasteiger partial charge in [-0.05, 0) is 6.92 Å². The predicted molar refractivity (Wildman–Crippen MR) is 35.6 cm³/mol. The third-order valence-electron chi connectivity index (χ3n) is 2.15. The maximum absolute atomic E-state index is 13.0. The molecular formula is C7H12F2O2. The van der Waals surface area contributed by atoms with E-state index in [1.54, 1.807) is 0 Å². The lowest BCUT2D eigenvalue weighted by atomic mass is 9.80. The van der Waals surface area contributed by atoms with Crippen LogP contribution >= 0.6 is 0 Å². The van der Waals surface area contributed by atoms with Crippen LogP contribution in [0.15, 0.2) is 0 Å². The quantitative estimate of drug-likeness (QED) is 0.678.